The molecule has 0 radical (unpaired) electrons. The summed E-state index contributed by atoms with van der Waals surface area (Å²) in [5.74, 6) is 0.104. The Labute approximate surface area is 185 Å². The van der Waals surface area contributed by atoms with Crippen LogP contribution >= 0.6 is 0 Å². The van der Waals surface area contributed by atoms with Gasteiger partial charge in [0.1, 0.15) is 11.6 Å². The number of carbonyl (C=O) groups is 1. The van der Waals surface area contributed by atoms with Crippen molar-refractivity contribution in [3.05, 3.63) is 94.9 Å². The topological polar surface area (TPSA) is 63.5 Å². The summed E-state index contributed by atoms with van der Waals surface area (Å²) in [6, 6.07) is 18.1. The molecule has 0 aliphatic carbocycles. The fraction of sp³-hybridized carbons (Fsp3) is 0.192. The Hall–Kier alpha value is -3.64. The monoisotopic (exact) mass is 430 g/mol. The molecular formula is C26H23FN2O3. The van der Waals surface area contributed by atoms with Crippen molar-refractivity contribution in [2.45, 2.75) is 25.5 Å². The lowest BCUT2D eigenvalue weighted by Crippen LogP contribution is -2.14. The number of aromatic nitrogens is 1. The van der Waals surface area contributed by atoms with Crippen molar-refractivity contribution in [1.29, 1.82) is 0 Å². The van der Waals surface area contributed by atoms with E-state index < -0.39 is 0 Å². The van der Waals surface area contributed by atoms with Gasteiger partial charge >= 0.3 is 0 Å². The molecule has 2 N–H and O–H groups in total. The lowest BCUT2D eigenvalue weighted by molar-refractivity contribution is -0.116. The van der Waals surface area contributed by atoms with E-state index >= 15 is 0 Å². The average Bonchev–Trinajstić information content (AvgIpc) is 3.08. The predicted octanol–water partition coefficient (Wildman–Crippen LogP) is 4.80. The Morgan fingerprint density at radius 1 is 1.16 bits per heavy atom. The molecule has 3 aromatic carbocycles. The molecule has 1 atom stereocenters. The highest BCUT2D eigenvalue weighted by Gasteiger charge is 2.28. The quantitative estimate of drug-likeness (QED) is 0.478. The number of aliphatic hydroxyl groups excluding tert-OH is 1. The van der Waals surface area contributed by atoms with Gasteiger partial charge in [-0.1, -0.05) is 24.3 Å². The summed E-state index contributed by atoms with van der Waals surface area (Å²) in [7, 11) is 1.57. The molecule has 1 unspecified atom stereocenters. The van der Waals surface area contributed by atoms with Crippen molar-refractivity contribution >= 4 is 22.5 Å². The lowest BCUT2D eigenvalue weighted by atomic mass is 9.87. The van der Waals surface area contributed by atoms with Gasteiger partial charge in [-0.05, 0) is 53.1 Å². The summed E-state index contributed by atoms with van der Waals surface area (Å²) in [6.45, 7) is 0.366. The highest BCUT2D eigenvalue weighted by atomic mass is 19.1. The maximum absolute atomic E-state index is 13.8. The fourth-order valence-corrected chi connectivity index (χ4v) is 4.65. The molecule has 5 rings (SSSR count). The third-order valence-corrected chi connectivity index (χ3v) is 6.09. The molecule has 1 aliphatic heterocycles. The number of methoxy groups -OCH3 is 1. The molecule has 2 heterocycles. The van der Waals surface area contributed by atoms with Crippen molar-refractivity contribution in [2.24, 2.45) is 0 Å². The van der Waals surface area contributed by atoms with Crippen LogP contribution in [0.3, 0.4) is 0 Å². The van der Waals surface area contributed by atoms with Crippen LogP contribution in [0.1, 0.15) is 34.6 Å². The van der Waals surface area contributed by atoms with Gasteiger partial charge in [-0.2, -0.15) is 0 Å². The Bertz CT molecular complexity index is 1330. The van der Waals surface area contributed by atoms with Gasteiger partial charge in [0.15, 0.2) is 0 Å². The van der Waals surface area contributed by atoms with E-state index in [0.29, 0.717) is 17.9 Å². The van der Waals surface area contributed by atoms with Gasteiger partial charge in [-0.25, -0.2) is 4.39 Å². The maximum Gasteiger partial charge on any atom is 0.225 e. The summed E-state index contributed by atoms with van der Waals surface area (Å²) >= 11 is 0. The number of hydrogen-bond donors (Lipinski definition) is 2. The summed E-state index contributed by atoms with van der Waals surface area (Å²) in [5.41, 5.74) is 5.26. The van der Waals surface area contributed by atoms with Crippen LogP contribution in [0.2, 0.25) is 0 Å². The molecule has 0 fully saturated rings. The van der Waals surface area contributed by atoms with Crippen molar-refractivity contribution in [3.63, 3.8) is 0 Å². The number of halogens is 1. The van der Waals surface area contributed by atoms with Crippen LogP contribution in [-0.2, 0) is 17.9 Å². The Morgan fingerprint density at radius 2 is 2.00 bits per heavy atom. The number of anilines is 1. The molecule has 0 saturated carbocycles. The normalized spacial score (nSPS) is 15.5. The average molecular weight is 430 g/mol. The van der Waals surface area contributed by atoms with Gasteiger partial charge in [0, 0.05) is 36.0 Å². The van der Waals surface area contributed by atoms with Crippen LogP contribution in [0.4, 0.5) is 10.1 Å². The van der Waals surface area contributed by atoms with Crippen molar-refractivity contribution in [1.82, 2.24) is 4.57 Å². The number of aliphatic hydroxyl groups is 1. The third-order valence-electron chi connectivity index (χ3n) is 6.09. The number of benzene rings is 3. The van der Waals surface area contributed by atoms with E-state index in [1.165, 1.54) is 12.1 Å². The molecule has 1 aliphatic rings. The zero-order valence-electron chi connectivity index (χ0n) is 17.6. The number of nitrogens with one attached hydrogen (secondary N) is 1. The number of amides is 1. The van der Waals surface area contributed by atoms with Gasteiger partial charge in [0.05, 0.1) is 24.9 Å². The van der Waals surface area contributed by atoms with Crippen molar-refractivity contribution in [2.75, 3.05) is 12.4 Å². The highest BCUT2D eigenvalue weighted by Crippen LogP contribution is 2.41. The smallest absolute Gasteiger partial charge is 0.225 e. The minimum absolute atomic E-state index is 0.0586. The Balaban J connectivity index is 1.67. The second-order valence-electron chi connectivity index (χ2n) is 8.08. The molecule has 162 valence electrons. The summed E-state index contributed by atoms with van der Waals surface area (Å²) < 4.78 is 21.2. The molecule has 0 saturated heterocycles. The molecular weight excluding hydrogens is 407 g/mol. The molecule has 6 heteroatoms. The first-order valence-corrected chi connectivity index (χ1v) is 10.5. The second-order valence-corrected chi connectivity index (χ2v) is 8.08. The summed E-state index contributed by atoms with van der Waals surface area (Å²) in [5, 5.41) is 13.8. The predicted molar refractivity (Wildman–Crippen MR) is 121 cm³/mol. The van der Waals surface area contributed by atoms with Gasteiger partial charge < -0.3 is 19.7 Å². The lowest BCUT2D eigenvalue weighted by Gasteiger charge is -2.17. The maximum atomic E-state index is 13.8. The first-order chi connectivity index (χ1) is 15.6. The van der Waals surface area contributed by atoms with E-state index in [1.54, 1.807) is 13.2 Å². The van der Waals surface area contributed by atoms with E-state index in [0.717, 1.165) is 33.3 Å². The summed E-state index contributed by atoms with van der Waals surface area (Å²) in [4.78, 5) is 12.7. The zero-order chi connectivity index (χ0) is 22.2. The molecule has 1 aromatic heterocycles. The molecule has 5 nitrogen and oxygen atoms in total. The largest absolute Gasteiger partial charge is 0.496 e. The van der Waals surface area contributed by atoms with E-state index in [1.807, 2.05) is 42.5 Å². The Morgan fingerprint density at radius 3 is 2.78 bits per heavy atom. The summed E-state index contributed by atoms with van der Waals surface area (Å²) in [6.07, 6.45) is 2.35. The van der Waals surface area contributed by atoms with E-state index in [4.69, 9.17) is 4.74 Å². The number of nitrogens with zero attached hydrogens (tertiary/aromatic N) is 1. The van der Waals surface area contributed by atoms with Crippen LogP contribution in [-0.4, -0.2) is 22.7 Å². The fourth-order valence-electron chi connectivity index (χ4n) is 4.65. The van der Waals surface area contributed by atoms with E-state index in [-0.39, 0.29) is 30.7 Å². The van der Waals surface area contributed by atoms with Crippen molar-refractivity contribution < 1.29 is 19.0 Å². The Kier molecular flexibility index (Phi) is 5.15. The van der Waals surface area contributed by atoms with Crippen LogP contribution < -0.4 is 10.1 Å². The van der Waals surface area contributed by atoms with Crippen LogP contribution in [0.25, 0.3) is 10.9 Å². The second kappa shape index (κ2) is 8.13. The molecule has 1 amide bonds. The number of carbonyl (C=O) groups excluding carboxylic acids is 1. The van der Waals surface area contributed by atoms with Crippen LogP contribution in [0, 0.1) is 5.82 Å². The van der Waals surface area contributed by atoms with Gasteiger partial charge in [0.25, 0.3) is 0 Å². The van der Waals surface area contributed by atoms with Crippen LogP contribution in [0.5, 0.6) is 5.75 Å². The van der Waals surface area contributed by atoms with Crippen molar-refractivity contribution in [3.8, 4) is 5.75 Å². The van der Waals surface area contributed by atoms with Gasteiger partial charge in [0.2, 0.25) is 5.91 Å². The SMILES string of the molecule is COc1ccc(C2CC(=O)Nc3cccc4c3c2cn4Cc2cccc(F)c2)cc1CO. The van der Waals surface area contributed by atoms with Crippen LogP contribution in [0.15, 0.2) is 66.9 Å². The van der Waals surface area contributed by atoms with E-state index in [9.17, 15) is 14.3 Å². The third kappa shape index (κ3) is 3.52. The minimum atomic E-state index is -0.263. The molecule has 0 bridgehead atoms. The number of hydrogen-bond acceptors (Lipinski definition) is 3. The standard InChI is InChI=1S/C26H23FN2O3/c1-32-24-9-8-17(11-18(24)15-30)20-12-25(31)28-22-6-3-7-23-26(22)21(20)14-29(23)13-16-4-2-5-19(27)10-16/h2-11,14,20,30H,12-13,15H2,1H3,(H,28,31). The minimum Gasteiger partial charge on any atom is -0.496 e. The van der Waals surface area contributed by atoms with E-state index in [2.05, 4.69) is 16.1 Å². The first-order valence-electron chi connectivity index (χ1n) is 10.5. The molecule has 0 spiro atoms. The number of ether oxygens (including phenoxy) is 1. The van der Waals surface area contributed by atoms with Gasteiger partial charge in [-0.3, -0.25) is 4.79 Å². The first kappa shape index (κ1) is 20.3. The molecule has 32 heavy (non-hydrogen) atoms. The number of rotatable bonds is 5. The van der Waals surface area contributed by atoms with Gasteiger partial charge in [-0.15, -0.1) is 0 Å². The molecule has 4 aromatic rings. The highest BCUT2D eigenvalue weighted by molar-refractivity contribution is 6.06. The zero-order valence-corrected chi connectivity index (χ0v) is 17.6.